The van der Waals surface area contributed by atoms with E-state index in [-0.39, 0.29) is 0 Å². The summed E-state index contributed by atoms with van der Waals surface area (Å²) in [5.41, 5.74) is 3.75. The second kappa shape index (κ2) is 9.25. The van der Waals surface area contributed by atoms with E-state index in [1.54, 1.807) is 27.0 Å². The maximum atomic E-state index is 12.6. The van der Waals surface area contributed by atoms with Crippen molar-refractivity contribution in [2.45, 2.75) is 27.1 Å². The van der Waals surface area contributed by atoms with Gasteiger partial charge < -0.3 is 14.8 Å². The minimum atomic E-state index is -0.942. The second-order valence-electron chi connectivity index (χ2n) is 6.77. The lowest BCUT2D eigenvalue weighted by Gasteiger charge is -2.18. The first-order valence-corrected chi connectivity index (χ1v) is 9.21. The molecule has 0 radical (unpaired) electrons. The van der Waals surface area contributed by atoms with Crippen LogP contribution in [0.2, 0.25) is 0 Å². The Hall–Kier alpha value is -3.32. The summed E-state index contributed by atoms with van der Waals surface area (Å²) in [5, 5.41) is 10.1. The summed E-state index contributed by atoms with van der Waals surface area (Å²) in [6.07, 6.45) is 0. The minimum Gasteiger partial charge on any atom is -0.497 e. The van der Waals surface area contributed by atoms with Gasteiger partial charge in [0.05, 0.1) is 26.0 Å². The van der Waals surface area contributed by atoms with E-state index in [1.165, 1.54) is 0 Å². The third-order valence-corrected chi connectivity index (χ3v) is 4.70. The predicted octanol–water partition coefficient (Wildman–Crippen LogP) is 4.25. The number of rotatable bonds is 7. The summed E-state index contributed by atoms with van der Waals surface area (Å²) in [6.45, 7) is 4.31. The number of hydrogen-bond acceptors (Lipinski definition) is 5. The molecule has 1 unspecified atom stereocenters. The molecule has 0 fully saturated rings. The molecule has 1 aliphatic heterocycles. The highest BCUT2D eigenvalue weighted by atomic mass is 16.5. The Morgan fingerprint density at radius 3 is 2.48 bits per heavy atom. The molecule has 0 saturated carbocycles. The number of azo groups is 1. The number of carbonyl (C=O) groups is 2. The summed E-state index contributed by atoms with van der Waals surface area (Å²) in [5.74, 6) is -1.11. The average Bonchev–Trinajstić information content (AvgIpc) is 2.72. The van der Waals surface area contributed by atoms with Crippen molar-refractivity contribution >= 4 is 17.5 Å². The Bertz CT molecular complexity index is 964. The number of nitrogens with zero attached hydrogens (tertiary/aromatic N) is 2. The molecule has 2 aromatic rings. The van der Waals surface area contributed by atoms with E-state index in [9.17, 15) is 9.59 Å². The number of carbonyl (C=O) groups excluding carboxylic acids is 2. The molecule has 7 heteroatoms. The number of ether oxygens (including phenoxy) is 2. The molecular weight excluding hydrogens is 370 g/mol. The van der Waals surface area contributed by atoms with E-state index in [0.717, 1.165) is 16.9 Å². The summed E-state index contributed by atoms with van der Waals surface area (Å²) in [7, 11) is 1.63. The Balaban J connectivity index is 1.58. The third kappa shape index (κ3) is 5.14. The van der Waals surface area contributed by atoms with Crippen molar-refractivity contribution < 1.29 is 19.1 Å². The zero-order valence-electron chi connectivity index (χ0n) is 16.6. The molecule has 0 saturated heterocycles. The van der Waals surface area contributed by atoms with Crippen LogP contribution in [0, 0.1) is 5.92 Å². The molecule has 29 heavy (non-hydrogen) atoms. The van der Waals surface area contributed by atoms with Gasteiger partial charge in [0.15, 0.2) is 0 Å². The van der Waals surface area contributed by atoms with E-state index < -0.39 is 17.7 Å². The molecule has 1 N–H and O–H groups in total. The lowest BCUT2D eigenvalue weighted by molar-refractivity contribution is -0.129. The minimum absolute atomic E-state index is 0.393. The fourth-order valence-electron chi connectivity index (χ4n) is 2.93. The summed E-state index contributed by atoms with van der Waals surface area (Å²) in [4.78, 5) is 24.6. The molecule has 3 rings (SSSR count). The molecular formula is C22H23N3O4. The molecule has 2 aromatic carbocycles. The lowest BCUT2D eigenvalue weighted by Crippen LogP contribution is -2.31. The van der Waals surface area contributed by atoms with Gasteiger partial charge in [0, 0.05) is 5.69 Å². The van der Waals surface area contributed by atoms with Gasteiger partial charge in [-0.1, -0.05) is 24.3 Å². The zero-order valence-corrected chi connectivity index (χ0v) is 16.6. The van der Waals surface area contributed by atoms with Crippen molar-refractivity contribution in [3.05, 3.63) is 70.9 Å². The van der Waals surface area contributed by atoms with Crippen LogP contribution in [0.15, 0.2) is 70.0 Å². The van der Waals surface area contributed by atoms with Crippen LogP contribution >= 0.6 is 0 Å². The topological polar surface area (TPSA) is 89.3 Å². The molecule has 0 spiro atoms. The van der Waals surface area contributed by atoms with E-state index in [4.69, 9.17) is 9.47 Å². The van der Waals surface area contributed by atoms with Gasteiger partial charge in [-0.3, -0.25) is 9.59 Å². The Labute approximate surface area is 169 Å². The van der Waals surface area contributed by atoms with Crippen molar-refractivity contribution in [3.63, 3.8) is 0 Å². The lowest BCUT2D eigenvalue weighted by atomic mass is 9.96. The van der Waals surface area contributed by atoms with Gasteiger partial charge in [0.2, 0.25) is 5.91 Å². The van der Waals surface area contributed by atoms with Crippen LogP contribution in [0.5, 0.6) is 5.75 Å². The van der Waals surface area contributed by atoms with Crippen molar-refractivity contribution in [1.29, 1.82) is 0 Å². The molecule has 2 amide bonds. The Morgan fingerprint density at radius 1 is 1.03 bits per heavy atom. The van der Waals surface area contributed by atoms with Crippen LogP contribution in [-0.2, 0) is 27.5 Å². The Kier molecular flexibility index (Phi) is 6.51. The largest absolute Gasteiger partial charge is 0.497 e. The zero-order chi connectivity index (χ0) is 20.8. The monoisotopic (exact) mass is 393 g/mol. The normalized spacial score (nSPS) is 16.1. The number of nitrogens with one attached hydrogen (secondary N) is 1. The third-order valence-electron chi connectivity index (χ3n) is 4.70. The van der Waals surface area contributed by atoms with Crippen molar-refractivity contribution in [3.8, 4) is 5.75 Å². The summed E-state index contributed by atoms with van der Waals surface area (Å²) < 4.78 is 10.9. The quantitative estimate of drug-likeness (QED) is 0.712. The number of benzene rings is 2. The van der Waals surface area contributed by atoms with Crippen LogP contribution in [-0.4, -0.2) is 18.9 Å². The number of allylic oxidation sites excluding steroid dienone is 1. The number of methoxy groups -OCH3 is 1. The van der Waals surface area contributed by atoms with Gasteiger partial charge in [-0.15, -0.1) is 5.11 Å². The van der Waals surface area contributed by atoms with Gasteiger partial charge in [0.1, 0.15) is 11.7 Å². The number of amides is 2. The molecule has 150 valence electrons. The van der Waals surface area contributed by atoms with Crippen molar-refractivity contribution in [1.82, 2.24) is 0 Å². The highest BCUT2D eigenvalue weighted by molar-refractivity contribution is 6.09. The van der Waals surface area contributed by atoms with Crippen molar-refractivity contribution in [2.75, 3.05) is 12.4 Å². The summed E-state index contributed by atoms with van der Waals surface area (Å²) >= 11 is 0. The van der Waals surface area contributed by atoms with E-state index in [2.05, 4.69) is 15.5 Å². The highest BCUT2D eigenvalue weighted by Gasteiger charge is 2.32. The fourth-order valence-corrected chi connectivity index (χ4v) is 2.93. The number of hydrogen-bond donors (Lipinski definition) is 1. The predicted molar refractivity (Wildman–Crippen MR) is 108 cm³/mol. The maximum Gasteiger partial charge on any atom is 0.281 e. The number of anilines is 1. The van der Waals surface area contributed by atoms with Gasteiger partial charge in [-0.25, -0.2) is 0 Å². The second-order valence-corrected chi connectivity index (χ2v) is 6.77. The highest BCUT2D eigenvalue weighted by Crippen LogP contribution is 2.24. The first-order valence-electron chi connectivity index (χ1n) is 9.21. The van der Waals surface area contributed by atoms with Crippen LogP contribution < -0.4 is 10.1 Å². The van der Waals surface area contributed by atoms with Crippen LogP contribution in [0.3, 0.4) is 0 Å². The Morgan fingerprint density at radius 2 is 1.76 bits per heavy atom. The van der Waals surface area contributed by atoms with E-state index in [1.807, 2.05) is 42.5 Å². The first-order chi connectivity index (χ1) is 14.0. The molecule has 0 aromatic heterocycles. The maximum absolute atomic E-state index is 12.6. The van der Waals surface area contributed by atoms with Crippen LogP contribution in [0.25, 0.3) is 0 Å². The fraction of sp³-hybridized carbons (Fsp3) is 0.273. The SMILES string of the molecule is COc1ccc(COCc2cccc(NC(=O)C3C(=O)N=NC(C)=C3C)c2)cc1. The molecule has 0 bridgehead atoms. The van der Waals surface area contributed by atoms with E-state index in [0.29, 0.717) is 30.2 Å². The van der Waals surface area contributed by atoms with Gasteiger partial charge >= 0.3 is 0 Å². The van der Waals surface area contributed by atoms with Gasteiger partial charge in [-0.2, -0.15) is 5.11 Å². The molecule has 0 aliphatic carbocycles. The molecule has 1 atom stereocenters. The van der Waals surface area contributed by atoms with Crippen LogP contribution in [0.4, 0.5) is 5.69 Å². The smallest absolute Gasteiger partial charge is 0.281 e. The summed E-state index contributed by atoms with van der Waals surface area (Å²) in [6, 6.07) is 15.0. The average molecular weight is 393 g/mol. The van der Waals surface area contributed by atoms with Gasteiger partial charge in [0.25, 0.3) is 5.91 Å². The van der Waals surface area contributed by atoms with Crippen molar-refractivity contribution in [2.24, 2.45) is 16.1 Å². The van der Waals surface area contributed by atoms with Gasteiger partial charge in [-0.05, 0) is 54.8 Å². The molecule has 1 aliphatic rings. The molecule has 7 nitrogen and oxygen atoms in total. The van der Waals surface area contributed by atoms with Crippen LogP contribution in [0.1, 0.15) is 25.0 Å². The molecule has 1 heterocycles. The standard InChI is InChI=1S/C22H23N3O4/c1-14-15(2)24-25-22(27)20(14)21(26)23-18-6-4-5-17(11-18)13-29-12-16-7-9-19(28-3)10-8-16/h4-11,20H,12-13H2,1-3H3,(H,23,26). The van der Waals surface area contributed by atoms with E-state index >= 15 is 0 Å². The first kappa shape index (κ1) is 20.4.